The maximum absolute atomic E-state index is 11.5. The monoisotopic (exact) mass is 295 g/mol. The predicted octanol–water partition coefficient (Wildman–Crippen LogP) is 3.47. The van der Waals surface area contributed by atoms with E-state index in [1.165, 1.54) is 10.5 Å². The summed E-state index contributed by atoms with van der Waals surface area (Å²) in [5, 5.41) is 9.44. The van der Waals surface area contributed by atoms with E-state index in [1.807, 2.05) is 30.0 Å². The van der Waals surface area contributed by atoms with Gasteiger partial charge in [0.2, 0.25) is 0 Å². The van der Waals surface area contributed by atoms with Crippen LogP contribution in [0, 0.1) is 12.3 Å². The number of pyridine rings is 1. The lowest BCUT2D eigenvalue weighted by atomic mass is 9.98. The molecule has 1 aromatic heterocycles. The number of aryl methyl sites for hydroxylation is 1. The maximum Gasteiger partial charge on any atom is 0.339 e. The number of nitrogens with zero attached hydrogens (tertiary/aromatic N) is 1. The zero-order valence-electron chi connectivity index (χ0n) is 11.3. The molecule has 3 nitrogen and oxygen atoms in total. The van der Waals surface area contributed by atoms with Crippen molar-refractivity contribution in [3.63, 3.8) is 0 Å². The zero-order valence-corrected chi connectivity index (χ0v) is 12.1. The number of aromatic carboxylic acids is 1. The van der Waals surface area contributed by atoms with Crippen LogP contribution in [0.3, 0.4) is 0 Å². The van der Waals surface area contributed by atoms with Crippen molar-refractivity contribution < 1.29 is 9.90 Å². The van der Waals surface area contributed by atoms with Crippen LogP contribution in [-0.2, 0) is 6.42 Å². The molecule has 0 spiro atoms. The van der Waals surface area contributed by atoms with Crippen molar-refractivity contribution >= 4 is 17.7 Å². The van der Waals surface area contributed by atoms with Crippen LogP contribution in [0.5, 0.6) is 0 Å². The molecule has 1 aliphatic rings. The van der Waals surface area contributed by atoms with Gasteiger partial charge in [-0.2, -0.15) is 0 Å². The summed E-state index contributed by atoms with van der Waals surface area (Å²) in [6, 6.07) is 7.56. The molecule has 1 aromatic carbocycles. The molecule has 2 aromatic rings. The van der Waals surface area contributed by atoms with Crippen molar-refractivity contribution in [3.05, 3.63) is 47.2 Å². The van der Waals surface area contributed by atoms with Gasteiger partial charge in [-0.05, 0) is 42.4 Å². The Kier molecular flexibility index (Phi) is 3.68. The molecule has 0 fully saturated rings. The number of benzene rings is 1. The van der Waals surface area contributed by atoms with Gasteiger partial charge in [0.15, 0.2) is 0 Å². The normalized spacial score (nSPS) is 13.3. The highest BCUT2D eigenvalue weighted by Gasteiger charge is 2.19. The third kappa shape index (κ3) is 2.53. The van der Waals surface area contributed by atoms with Crippen molar-refractivity contribution in [1.82, 2.24) is 4.98 Å². The van der Waals surface area contributed by atoms with E-state index in [0.717, 1.165) is 24.2 Å². The Morgan fingerprint density at radius 1 is 1.38 bits per heavy atom. The topological polar surface area (TPSA) is 50.2 Å². The van der Waals surface area contributed by atoms with Gasteiger partial charge in [0, 0.05) is 22.2 Å². The molecule has 0 unspecified atom stereocenters. The van der Waals surface area contributed by atoms with Crippen LogP contribution in [0.2, 0.25) is 0 Å². The molecule has 0 bridgehead atoms. The van der Waals surface area contributed by atoms with Crippen molar-refractivity contribution in [2.75, 3.05) is 5.75 Å². The van der Waals surface area contributed by atoms with E-state index in [1.54, 1.807) is 12.3 Å². The predicted molar refractivity (Wildman–Crippen MR) is 83.6 cm³/mol. The summed E-state index contributed by atoms with van der Waals surface area (Å²) in [5.74, 6) is 2.52. The number of carbonyl (C=O) groups is 1. The van der Waals surface area contributed by atoms with Crippen molar-refractivity contribution in [2.45, 2.75) is 17.7 Å². The molecular formula is C17H13NO2S. The molecule has 1 aliphatic heterocycles. The molecule has 21 heavy (non-hydrogen) atoms. The lowest BCUT2D eigenvalue weighted by Crippen LogP contribution is -2.06. The van der Waals surface area contributed by atoms with E-state index in [2.05, 4.69) is 10.9 Å². The molecule has 4 heteroatoms. The van der Waals surface area contributed by atoms with Gasteiger partial charge in [-0.25, -0.2) is 4.79 Å². The Morgan fingerprint density at radius 2 is 2.24 bits per heavy atom. The number of rotatable bonds is 2. The zero-order chi connectivity index (χ0) is 14.8. The first-order chi connectivity index (χ1) is 10.2. The fourth-order valence-corrected chi connectivity index (χ4v) is 3.54. The number of terminal acetylenes is 1. The highest BCUT2D eigenvalue weighted by Crippen LogP contribution is 2.34. The smallest absolute Gasteiger partial charge is 0.339 e. The van der Waals surface area contributed by atoms with Gasteiger partial charge in [0.25, 0.3) is 0 Å². The van der Waals surface area contributed by atoms with Gasteiger partial charge in [0.05, 0.1) is 5.69 Å². The molecule has 104 valence electrons. The average molecular weight is 295 g/mol. The highest BCUT2D eigenvalue weighted by molar-refractivity contribution is 7.99. The van der Waals surface area contributed by atoms with Crippen molar-refractivity contribution in [2.24, 2.45) is 0 Å². The molecule has 0 amide bonds. The Labute approximate surface area is 127 Å². The van der Waals surface area contributed by atoms with E-state index >= 15 is 0 Å². The number of thioether (sulfide) groups is 1. The quantitative estimate of drug-likeness (QED) is 0.862. The van der Waals surface area contributed by atoms with Crippen LogP contribution in [0.1, 0.15) is 27.9 Å². The standard InChI is InChI=1S/C17H13NO2S/c1-2-11-7-8-18-16(15(11)17(19)20)13-5-6-14-12(10-13)4-3-9-21-14/h1,5-8,10H,3-4,9H2,(H,19,20). The third-order valence-electron chi connectivity index (χ3n) is 3.50. The molecule has 0 saturated heterocycles. The molecular weight excluding hydrogens is 282 g/mol. The Bertz CT molecular complexity index is 762. The molecule has 2 heterocycles. The number of aromatic nitrogens is 1. The fourth-order valence-electron chi connectivity index (χ4n) is 2.53. The average Bonchev–Trinajstić information content (AvgIpc) is 2.53. The van der Waals surface area contributed by atoms with Crippen LogP contribution < -0.4 is 0 Å². The van der Waals surface area contributed by atoms with Gasteiger partial charge >= 0.3 is 5.97 Å². The molecule has 1 N–H and O–H groups in total. The van der Waals surface area contributed by atoms with Gasteiger partial charge in [-0.1, -0.05) is 12.0 Å². The van der Waals surface area contributed by atoms with E-state index in [4.69, 9.17) is 6.42 Å². The minimum atomic E-state index is -1.04. The van der Waals surface area contributed by atoms with Gasteiger partial charge in [0.1, 0.15) is 5.56 Å². The third-order valence-corrected chi connectivity index (χ3v) is 4.70. The summed E-state index contributed by atoms with van der Waals surface area (Å²) in [4.78, 5) is 17.0. The number of hydrogen-bond acceptors (Lipinski definition) is 3. The minimum Gasteiger partial charge on any atom is -0.478 e. The van der Waals surface area contributed by atoms with Gasteiger partial charge < -0.3 is 5.11 Å². The Balaban J connectivity index is 2.17. The summed E-state index contributed by atoms with van der Waals surface area (Å²) in [5.41, 5.74) is 2.97. The summed E-state index contributed by atoms with van der Waals surface area (Å²) in [6.07, 6.45) is 9.13. The SMILES string of the molecule is C#Cc1ccnc(-c2ccc3c(c2)CCCS3)c1C(=O)O. The van der Waals surface area contributed by atoms with Crippen LogP contribution >= 0.6 is 11.8 Å². The maximum atomic E-state index is 11.5. The van der Waals surface area contributed by atoms with Crippen LogP contribution in [0.25, 0.3) is 11.3 Å². The number of carboxylic acids is 1. The fraction of sp³-hybridized carbons (Fsp3) is 0.176. The number of fused-ring (bicyclic) bond motifs is 1. The molecule has 0 radical (unpaired) electrons. The first kappa shape index (κ1) is 13.7. The van der Waals surface area contributed by atoms with Crippen molar-refractivity contribution in [3.8, 4) is 23.6 Å². The number of hydrogen-bond donors (Lipinski definition) is 1. The summed E-state index contributed by atoms with van der Waals surface area (Å²) >= 11 is 1.84. The van der Waals surface area contributed by atoms with E-state index < -0.39 is 5.97 Å². The second kappa shape index (κ2) is 5.63. The molecule has 0 atom stereocenters. The molecule has 0 saturated carbocycles. The van der Waals surface area contributed by atoms with Gasteiger partial charge in [-0.15, -0.1) is 18.2 Å². The van der Waals surface area contributed by atoms with Crippen LogP contribution in [0.15, 0.2) is 35.4 Å². The number of carboxylic acid groups (broad SMARTS) is 1. The minimum absolute atomic E-state index is 0.100. The lowest BCUT2D eigenvalue weighted by Gasteiger charge is -2.16. The Morgan fingerprint density at radius 3 is 3.00 bits per heavy atom. The lowest BCUT2D eigenvalue weighted by molar-refractivity contribution is 0.0697. The van der Waals surface area contributed by atoms with E-state index in [-0.39, 0.29) is 5.56 Å². The van der Waals surface area contributed by atoms with E-state index in [0.29, 0.717) is 11.3 Å². The van der Waals surface area contributed by atoms with Gasteiger partial charge in [-0.3, -0.25) is 4.98 Å². The van der Waals surface area contributed by atoms with Crippen molar-refractivity contribution in [1.29, 1.82) is 0 Å². The Hall–Kier alpha value is -2.25. The summed E-state index contributed by atoms with van der Waals surface area (Å²) in [7, 11) is 0. The van der Waals surface area contributed by atoms with Crippen LogP contribution in [0.4, 0.5) is 0 Å². The second-order valence-electron chi connectivity index (χ2n) is 4.81. The second-order valence-corrected chi connectivity index (χ2v) is 5.94. The molecule has 3 rings (SSSR count). The largest absolute Gasteiger partial charge is 0.478 e. The molecule has 0 aliphatic carbocycles. The first-order valence-corrected chi connectivity index (χ1v) is 7.64. The van der Waals surface area contributed by atoms with Crippen LogP contribution in [-0.4, -0.2) is 21.8 Å². The highest BCUT2D eigenvalue weighted by atomic mass is 32.2. The van der Waals surface area contributed by atoms with E-state index in [9.17, 15) is 9.90 Å². The summed E-state index contributed by atoms with van der Waals surface area (Å²) < 4.78 is 0. The first-order valence-electron chi connectivity index (χ1n) is 6.65. The summed E-state index contributed by atoms with van der Waals surface area (Å²) in [6.45, 7) is 0.